The van der Waals surface area contributed by atoms with Crippen LogP contribution in [0.4, 0.5) is 13.2 Å². The lowest BCUT2D eigenvalue weighted by Gasteiger charge is -2.13. The second kappa shape index (κ2) is 8.38. The summed E-state index contributed by atoms with van der Waals surface area (Å²) in [6.45, 7) is 4.64. The molecule has 7 nitrogen and oxygen atoms in total. The zero-order valence-corrected chi connectivity index (χ0v) is 19.1. The van der Waals surface area contributed by atoms with E-state index in [1.807, 2.05) is 4.72 Å². The molecule has 0 aliphatic rings. The second-order valence-electron chi connectivity index (χ2n) is 6.93. The molecule has 0 fully saturated rings. The molecule has 0 saturated heterocycles. The highest BCUT2D eigenvalue weighted by Crippen LogP contribution is 2.37. The summed E-state index contributed by atoms with van der Waals surface area (Å²) in [5, 5.41) is 6.61. The average Bonchev–Trinajstić information content (AvgIpc) is 3.03. The average molecular weight is 507 g/mol. The zero-order chi connectivity index (χ0) is 24.0. The van der Waals surface area contributed by atoms with Gasteiger partial charge in [-0.1, -0.05) is 40.5 Å². The standard InChI is InChI=1S/C19H15Cl2F3N4O3S/c1-9-4-5-10(2)15(6-9)32(30,31)26-18(29)16-11(3)28(27-25-16)17-13(20)7-12(8-14(17)21)19(22,23)24/h4-8H,1-3H3,(H,26,29). The van der Waals surface area contributed by atoms with E-state index in [4.69, 9.17) is 23.2 Å². The fourth-order valence-electron chi connectivity index (χ4n) is 2.91. The van der Waals surface area contributed by atoms with Crippen LogP contribution in [0.3, 0.4) is 0 Å². The lowest BCUT2D eigenvalue weighted by atomic mass is 10.2. The number of benzene rings is 2. The number of carbonyl (C=O) groups excluding carboxylic acids is 1. The van der Waals surface area contributed by atoms with Crippen molar-refractivity contribution in [3.63, 3.8) is 0 Å². The third-order valence-corrected chi connectivity index (χ3v) is 6.58. The number of amides is 1. The predicted octanol–water partition coefficient (Wildman–Crippen LogP) is 4.64. The fourth-order valence-corrected chi connectivity index (χ4v) is 4.84. The first kappa shape index (κ1) is 24.0. The van der Waals surface area contributed by atoms with Crippen LogP contribution in [0.1, 0.15) is 32.9 Å². The molecular weight excluding hydrogens is 492 g/mol. The number of hydrogen-bond acceptors (Lipinski definition) is 5. The van der Waals surface area contributed by atoms with Crippen LogP contribution in [0.2, 0.25) is 10.0 Å². The van der Waals surface area contributed by atoms with Crippen molar-refractivity contribution in [1.82, 2.24) is 19.7 Å². The minimum atomic E-state index is -4.67. The van der Waals surface area contributed by atoms with E-state index in [1.54, 1.807) is 26.0 Å². The maximum atomic E-state index is 13.0. The molecule has 0 aliphatic heterocycles. The number of carbonyl (C=O) groups is 1. The number of alkyl halides is 3. The molecule has 2 aromatic carbocycles. The predicted molar refractivity (Wildman–Crippen MR) is 112 cm³/mol. The molecule has 0 unspecified atom stereocenters. The number of nitrogens with zero attached hydrogens (tertiary/aromatic N) is 3. The van der Waals surface area contributed by atoms with Gasteiger partial charge in [0.05, 0.1) is 26.2 Å². The van der Waals surface area contributed by atoms with Gasteiger partial charge in [0.25, 0.3) is 15.9 Å². The van der Waals surface area contributed by atoms with Crippen LogP contribution >= 0.6 is 23.2 Å². The monoisotopic (exact) mass is 506 g/mol. The van der Waals surface area contributed by atoms with Crippen molar-refractivity contribution >= 4 is 39.1 Å². The highest BCUT2D eigenvalue weighted by molar-refractivity contribution is 7.90. The lowest BCUT2D eigenvalue weighted by Crippen LogP contribution is -2.32. The SMILES string of the molecule is Cc1ccc(C)c(S(=O)(=O)NC(=O)c2nnn(-c3c(Cl)cc(C(F)(F)F)cc3Cl)c2C)c1. The van der Waals surface area contributed by atoms with Crippen molar-refractivity contribution in [2.24, 2.45) is 0 Å². The molecule has 13 heteroatoms. The Balaban J connectivity index is 1.98. The molecule has 170 valence electrons. The summed E-state index contributed by atoms with van der Waals surface area (Å²) in [7, 11) is -4.22. The highest BCUT2D eigenvalue weighted by Gasteiger charge is 2.33. The number of rotatable bonds is 4. The van der Waals surface area contributed by atoms with Crippen LogP contribution in [0, 0.1) is 20.8 Å². The van der Waals surface area contributed by atoms with E-state index in [0.717, 1.165) is 4.68 Å². The molecule has 1 heterocycles. The molecular formula is C19H15Cl2F3N4O3S. The minimum Gasteiger partial charge on any atom is -0.266 e. The Labute approximate surface area is 191 Å². The van der Waals surface area contributed by atoms with E-state index in [2.05, 4.69) is 10.3 Å². The van der Waals surface area contributed by atoms with Gasteiger partial charge in [-0.3, -0.25) is 4.79 Å². The summed E-state index contributed by atoms with van der Waals surface area (Å²) in [6.07, 6.45) is -4.67. The van der Waals surface area contributed by atoms with Crippen molar-refractivity contribution in [2.75, 3.05) is 0 Å². The van der Waals surface area contributed by atoms with Gasteiger partial charge in [-0.15, -0.1) is 5.10 Å². The normalized spacial score (nSPS) is 12.1. The molecule has 0 spiro atoms. The Hall–Kier alpha value is -2.63. The molecule has 1 amide bonds. The molecule has 0 bridgehead atoms. The smallest absolute Gasteiger partial charge is 0.266 e. The van der Waals surface area contributed by atoms with Crippen molar-refractivity contribution < 1.29 is 26.4 Å². The molecule has 0 radical (unpaired) electrons. The summed E-state index contributed by atoms with van der Waals surface area (Å²) in [5.41, 5.74) is -0.445. The summed E-state index contributed by atoms with van der Waals surface area (Å²) in [5.74, 6) is -1.08. The van der Waals surface area contributed by atoms with Gasteiger partial charge in [0.2, 0.25) is 0 Å². The van der Waals surface area contributed by atoms with Gasteiger partial charge in [-0.25, -0.2) is 17.8 Å². The molecule has 0 saturated carbocycles. The number of aromatic nitrogens is 3. The van der Waals surface area contributed by atoms with Crippen molar-refractivity contribution in [2.45, 2.75) is 31.8 Å². The Bertz CT molecular complexity index is 1320. The van der Waals surface area contributed by atoms with E-state index in [1.165, 1.54) is 13.0 Å². The first-order valence-electron chi connectivity index (χ1n) is 8.85. The Morgan fingerprint density at radius 1 is 1.06 bits per heavy atom. The largest absolute Gasteiger partial charge is 0.416 e. The third-order valence-electron chi connectivity index (χ3n) is 4.53. The Kier molecular flexibility index (Phi) is 6.29. The van der Waals surface area contributed by atoms with Crippen LogP contribution in [-0.4, -0.2) is 29.3 Å². The molecule has 3 rings (SSSR count). The minimum absolute atomic E-state index is 0.0159. The third kappa shape index (κ3) is 4.59. The summed E-state index contributed by atoms with van der Waals surface area (Å²) >= 11 is 12.0. The van der Waals surface area contributed by atoms with Crippen LogP contribution in [0.25, 0.3) is 5.69 Å². The summed E-state index contributed by atoms with van der Waals surface area (Å²) in [6, 6.07) is 6.06. The van der Waals surface area contributed by atoms with E-state index < -0.39 is 27.7 Å². The van der Waals surface area contributed by atoms with E-state index in [-0.39, 0.29) is 32.0 Å². The van der Waals surface area contributed by atoms with Gasteiger partial charge >= 0.3 is 6.18 Å². The molecule has 32 heavy (non-hydrogen) atoms. The number of sulfonamides is 1. The maximum absolute atomic E-state index is 13.0. The van der Waals surface area contributed by atoms with Crippen LogP contribution < -0.4 is 4.72 Å². The van der Waals surface area contributed by atoms with Gasteiger partial charge in [-0.2, -0.15) is 13.2 Å². The molecule has 1 aromatic heterocycles. The fraction of sp³-hybridized carbons (Fsp3) is 0.211. The summed E-state index contributed by atoms with van der Waals surface area (Å²) < 4.78 is 67.1. The van der Waals surface area contributed by atoms with Crippen LogP contribution in [0.15, 0.2) is 35.2 Å². The second-order valence-corrected chi connectivity index (χ2v) is 9.39. The Morgan fingerprint density at radius 2 is 1.66 bits per heavy atom. The first-order chi connectivity index (χ1) is 14.7. The van der Waals surface area contributed by atoms with Gasteiger partial charge in [0.15, 0.2) is 5.69 Å². The number of halogens is 5. The highest BCUT2D eigenvalue weighted by atomic mass is 35.5. The van der Waals surface area contributed by atoms with E-state index in [9.17, 15) is 26.4 Å². The molecule has 0 atom stereocenters. The topological polar surface area (TPSA) is 93.9 Å². The van der Waals surface area contributed by atoms with E-state index in [0.29, 0.717) is 23.3 Å². The van der Waals surface area contributed by atoms with Gasteiger partial charge in [0.1, 0.15) is 5.69 Å². The lowest BCUT2D eigenvalue weighted by molar-refractivity contribution is -0.137. The Morgan fingerprint density at radius 3 is 2.22 bits per heavy atom. The number of aryl methyl sites for hydroxylation is 2. The quantitative estimate of drug-likeness (QED) is 0.556. The molecule has 3 aromatic rings. The number of hydrogen-bond donors (Lipinski definition) is 1. The van der Waals surface area contributed by atoms with Crippen molar-refractivity contribution in [3.8, 4) is 5.69 Å². The van der Waals surface area contributed by atoms with Crippen molar-refractivity contribution in [3.05, 3.63) is 68.5 Å². The summed E-state index contributed by atoms with van der Waals surface area (Å²) in [4.78, 5) is 12.6. The van der Waals surface area contributed by atoms with Gasteiger partial charge in [-0.05, 0) is 50.1 Å². The molecule has 0 aliphatic carbocycles. The van der Waals surface area contributed by atoms with Crippen molar-refractivity contribution in [1.29, 1.82) is 0 Å². The first-order valence-corrected chi connectivity index (χ1v) is 11.1. The van der Waals surface area contributed by atoms with Gasteiger partial charge in [0, 0.05) is 0 Å². The molecule has 1 N–H and O–H groups in total. The van der Waals surface area contributed by atoms with E-state index >= 15 is 0 Å². The van der Waals surface area contributed by atoms with Crippen LogP contribution in [-0.2, 0) is 16.2 Å². The van der Waals surface area contributed by atoms with Gasteiger partial charge < -0.3 is 0 Å². The van der Waals surface area contributed by atoms with Crippen LogP contribution in [0.5, 0.6) is 0 Å². The number of nitrogens with one attached hydrogen (secondary N) is 1. The zero-order valence-electron chi connectivity index (χ0n) is 16.8. The maximum Gasteiger partial charge on any atom is 0.416 e.